The molecule has 0 aliphatic heterocycles. The van der Waals surface area contributed by atoms with Crippen LogP contribution in [0.3, 0.4) is 0 Å². The molecule has 0 fully saturated rings. The third kappa shape index (κ3) is 226. The molecule has 9 nitrogen and oxygen atoms in total. The zero-order chi connectivity index (χ0) is 0. The van der Waals surface area contributed by atoms with Gasteiger partial charge in [-0.2, -0.15) is 0 Å². The normalized spacial score (nSPS) is 0. The molecule has 0 saturated heterocycles. The molecule has 12 N–H and O–H groups in total. The summed E-state index contributed by atoms with van der Waals surface area (Å²) in [5.74, 6) is 0. The van der Waals surface area contributed by atoms with Gasteiger partial charge >= 0.3 is 65.4 Å². The van der Waals surface area contributed by atoms with Crippen molar-refractivity contribution in [2.75, 3.05) is 0 Å². The minimum Gasteiger partial charge on any atom is -0.870 e. The number of rotatable bonds is 0. The Morgan fingerprint density at radius 2 is 0.286 bits per heavy atom. The smallest absolute Gasteiger partial charge is 0.870 e. The molecule has 0 aromatic heterocycles. The third-order valence-electron chi connectivity index (χ3n) is 0. The topological polar surface area (TPSA) is 274 Å². The van der Waals surface area contributed by atoms with E-state index in [0.717, 1.165) is 0 Å². The van der Waals surface area contributed by atoms with E-state index in [1.807, 2.05) is 0 Å². The summed E-state index contributed by atoms with van der Waals surface area (Å²) in [6, 6.07) is 0. The number of hydrogen-bond donors (Lipinski definition) is 0. The van der Waals surface area contributed by atoms with Gasteiger partial charge in [0.25, 0.3) is 0 Å². The summed E-state index contributed by atoms with van der Waals surface area (Å²) in [6.07, 6.45) is 0. The Kier molecular flexibility index (Phi) is 6350. The summed E-state index contributed by atoms with van der Waals surface area (Å²) in [5, 5.41) is 0. The van der Waals surface area contributed by atoms with Gasteiger partial charge in [-0.05, 0) is 0 Å². The fourth-order valence-electron chi connectivity index (χ4n) is 0. The molecule has 0 radical (unpaired) electrons. The second-order valence-electron chi connectivity index (χ2n) is 0. The average molecular weight is 478 g/mol. The van der Waals surface area contributed by atoms with Crippen LogP contribution in [0.1, 0.15) is 0 Å². The largest absolute Gasteiger partial charge is 3.00 e. The molecule has 0 heterocycles. The van der Waals surface area contributed by atoms with Crippen LogP contribution in [0.25, 0.3) is 0 Å². The Morgan fingerprint density at radius 3 is 0.286 bits per heavy atom. The van der Waals surface area contributed by atoms with Crippen LogP contribution in [0.5, 0.6) is 0 Å². The van der Waals surface area contributed by atoms with Crippen molar-refractivity contribution in [2.24, 2.45) is 0 Å². The van der Waals surface area contributed by atoms with Crippen LogP contribution in [0, 0.1) is 0 Å². The van der Waals surface area contributed by atoms with Gasteiger partial charge in [0.05, 0.1) is 0 Å². The summed E-state index contributed by atoms with van der Waals surface area (Å²) in [5.41, 5.74) is 0. The van der Waals surface area contributed by atoms with E-state index in [0.29, 0.717) is 0 Å². The maximum Gasteiger partial charge on any atom is 3.00 e. The van der Waals surface area contributed by atoms with E-state index in [9.17, 15) is 0 Å². The first-order valence-electron chi connectivity index (χ1n) is 0. The zero-order valence-electron chi connectivity index (χ0n) is 6.84. The van der Waals surface area contributed by atoms with Crippen LogP contribution in [-0.4, -0.2) is 49.3 Å². The average Bonchev–Trinajstić information content (AvgIpc) is 0. The van der Waals surface area contributed by atoms with E-state index in [-0.39, 0.29) is 180 Å². The van der Waals surface area contributed by atoms with Gasteiger partial charge in [0.15, 0.2) is 0 Å². The molecule has 0 amide bonds. The molecule has 14 heavy (non-hydrogen) atoms. The molecular formula is H12O9Ti3Y2. The summed E-state index contributed by atoms with van der Waals surface area (Å²) in [7, 11) is 0. The Hall–Kier alpha value is 3.99. The van der Waals surface area contributed by atoms with E-state index >= 15 is 0 Å². The fraction of sp³-hybridized carbons (Fsp3) is 0. The molecule has 84 valence electrons. The quantitative estimate of drug-likeness (QED) is 0.318. The van der Waals surface area contributed by atoms with Gasteiger partial charge in [-0.15, -0.1) is 0 Å². The first-order chi connectivity index (χ1) is 0. The van der Waals surface area contributed by atoms with Crippen molar-refractivity contribution in [3.63, 3.8) is 0 Å². The van der Waals surface area contributed by atoms with Gasteiger partial charge < -0.3 is 49.3 Å². The van der Waals surface area contributed by atoms with Crippen molar-refractivity contribution in [2.45, 2.75) is 0 Å². The molecule has 0 bridgehead atoms. The Labute approximate surface area is 176 Å². The van der Waals surface area contributed by atoms with Crippen LogP contribution < -0.4 is 0 Å². The minimum atomic E-state index is 0. The van der Waals surface area contributed by atoms with Crippen molar-refractivity contribution in [1.29, 1.82) is 0 Å². The standard InChI is InChI=1S/9H2O.3Ti.2Y/h9*1H2;;;;;/q;;;;;;;;;;;;2*+3/p-6. The molecule has 0 saturated carbocycles. The van der Waals surface area contributed by atoms with Crippen LogP contribution in [0.2, 0.25) is 0 Å². The molecule has 0 aliphatic carbocycles. The molecule has 0 rings (SSSR count). The SMILES string of the molecule is O.O.O.[OH-].[OH-].[OH-].[OH-].[OH-].[OH-].[Ti].[Ti].[Ti].[Y+3].[Y+3]. The van der Waals surface area contributed by atoms with E-state index in [1.54, 1.807) is 0 Å². The molecule has 0 spiro atoms. The van der Waals surface area contributed by atoms with Gasteiger partial charge in [-0.3, -0.25) is 0 Å². The minimum absolute atomic E-state index is 0. The Morgan fingerprint density at radius 1 is 0.286 bits per heavy atom. The summed E-state index contributed by atoms with van der Waals surface area (Å²) in [4.78, 5) is 0. The molecule has 14 heteroatoms. The summed E-state index contributed by atoms with van der Waals surface area (Å²) >= 11 is 0. The third-order valence-corrected chi connectivity index (χ3v) is 0. The predicted octanol–water partition coefficient (Wildman–Crippen LogP) is -3.55. The van der Waals surface area contributed by atoms with Crippen LogP contribution in [-0.2, 0) is 131 Å². The summed E-state index contributed by atoms with van der Waals surface area (Å²) in [6.45, 7) is 0. The van der Waals surface area contributed by atoms with Gasteiger partial charge in [0, 0.05) is 65.2 Å². The van der Waals surface area contributed by atoms with Crippen LogP contribution in [0.4, 0.5) is 0 Å². The van der Waals surface area contributed by atoms with Crippen LogP contribution in [0.15, 0.2) is 0 Å². The van der Waals surface area contributed by atoms with Crippen LogP contribution >= 0.6 is 0 Å². The van der Waals surface area contributed by atoms with Crippen molar-refractivity contribution in [3.05, 3.63) is 0 Å². The molecule has 0 unspecified atom stereocenters. The molecule has 0 aliphatic rings. The summed E-state index contributed by atoms with van der Waals surface area (Å²) < 4.78 is 0. The van der Waals surface area contributed by atoms with Crippen molar-refractivity contribution >= 4 is 0 Å². The second-order valence-corrected chi connectivity index (χ2v) is 0. The molecule has 0 atom stereocenters. The van der Waals surface area contributed by atoms with E-state index in [1.165, 1.54) is 0 Å². The number of hydrogen-bond acceptors (Lipinski definition) is 6. The van der Waals surface area contributed by atoms with E-state index in [4.69, 9.17) is 0 Å². The van der Waals surface area contributed by atoms with Crippen molar-refractivity contribution in [1.82, 2.24) is 0 Å². The van der Waals surface area contributed by atoms with Gasteiger partial charge in [0.1, 0.15) is 0 Å². The fourth-order valence-corrected chi connectivity index (χ4v) is 0. The monoisotopic (exact) mass is 478 g/mol. The first kappa shape index (κ1) is 326. The first-order valence-corrected chi connectivity index (χ1v) is 0. The maximum absolute atomic E-state index is 0. The van der Waals surface area contributed by atoms with E-state index < -0.39 is 0 Å². The van der Waals surface area contributed by atoms with Gasteiger partial charge in [0.2, 0.25) is 0 Å². The van der Waals surface area contributed by atoms with E-state index in [2.05, 4.69) is 0 Å². The molecular weight excluding hydrogens is 465 g/mol. The van der Waals surface area contributed by atoms with Crippen molar-refractivity contribution < 1.29 is 180 Å². The van der Waals surface area contributed by atoms with Crippen molar-refractivity contribution in [3.8, 4) is 0 Å². The predicted molar refractivity (Wildman–Crippen MR) is 22.5 cm³/mol. The van der Waals surface area contributed by atoms with Gasteiger partial charge in [-0.1, -0.05) is 0 Å². The second kappa shape index (κ2) is 273. The Bertz CT molecular complexity index is 18.0. The molecule has 0 aromatic carbocycles. The maximum atomic E-state index is 0. The molecule has 0 aromatic rings. The Balaban J connectivity index is 0. The van der Waals surface area contributed by atoms with Gasteiger partial charge in [-0.25, -0.2) is 0 Å². The zero-order valence-corrected chi connectivity index (χ0v) is 17.2.